The lowest BCUT2D eigenvalue weighted by molar-refractivity contribution is -0.124. The number of nitrogens with zero attached hydrogens (tertiary/aromatic N) is 1. The number of amides is 2. The Morgan fingerprint density at radius 1 is 1.12 bits per heavy atom. The number of benzene rings is 2. The van der Waals surface area contributed by atoms with Crippen LogP contribution in [0.4, 0.5) is 24.7 Å². The number of nitrogens with two attached hydrogens (primary N) is 1. The number of hydrogen-bond acceptors (Lipinski definition) is 5. The summed E-state index contributed by atoms with van der Waals surface area (Å²) in [5.74, 6) is -4.09. The molecule has 1 atom stereocenters. The minimum atomic E-state index is -1.92. The molecule has 176 valence electrons. The molecule has 0 spiro atoms. The highest BCUT2D eigenvalue weighted by Gasteiger charge is 2.26. The van der Waals surface area contributed by atoms with E-state index < -0.39 is 29.5 Å². The zero-order valence-electron chi connectivity index (χ0n) is 18.0. The highest BCUT2D eigenvalue weighted by molar-refractivity contribution is 6.00. The van der Waals surface area contributed by atoms with Gasteiger partial charge in [-0.3, -0.25) is 9.59 Å². The van der Waals surface area contributed by atoms with E-state index >= 15 is 4.39 Å². The molecule has 1 fully saturated rings. The highest BCUT2D eigenvalue weighted by Crippen LogP contribution is 2.31. The topological polar surface area (TPSA) is 117 Å². The maximum atomic E-state index is 15.1. The summed E-state index contributed by atoms with van der Waals surface area (Å²) in [5.41, 5.74) is 6.47. The monoisotopic (exact) mass is 470 g/mol. The maximum absolute atomic E-state index is 15.1. The minimum Gasteiger partial charge on any atom is -0.383 e. The molecule has 1 unspecified atom stereocenters. The number of hydrogen-bond donors (Lipinski definition) is 4. The van der Waals surface area contributed by atoms with Gasteiger partial charge in [0.1, 0.15) is 23.3 Å². The SMILES string of the molecule is Cc1c(-c2cnc(N)c(C(=O)NC3CC3)c2)ccc(NC(=O)C(O)c2cc(F)cc(F)c2)c1F. The molecular weight excluding hydrogens is 449 g/mol. The molecule has 7 nitrogen and oxygen atoms in total. The van der Waals surface area contributed by atoms with Crippen molar-refractivity contribution in [2.45, 2.75) is 31.9 Å². The van der Waals surface area contributed by atoms with Crippen molar-refractivity contribution in [1.82, 2.24) is 10.3 Å². The second-order valence-electron chi connectivity index (χ2n) is 8.10. The Morgan fingerprint density at radius 2 is 1.79 bits per heavy atom. The Bertz CT molecular complexity index is 1270. The number of nitrogens with one attached hydrogen (secondary N) is 2. The smallest absolute Gasteiger partial charge is 0.257 e. The second-order valence-corrected chi connectivity index (χ2v) is 8.10. The van der Waals surface area contributed by atoms with E-state index in [0.29, 0.717) is 17.2 Å². The third-order valence-corrected chi connectivity index (χ3v) is 5.48. The van der Waals surface area contributed by atoms with E-state index in [1.165, 1.54) is 31.3 Å². The molecule has 2 amide bonds. The number of nitrogen functional groups attached to an aromatic ring is 1. The van der Waals surface area contributed by atoms with Crippen LogP contribution in [0.25, 0.3) is 11.1 Å². The van der Waals surface area contributed by atoms with Gasteiger partial charge in [0, 0.05) is 23.9 Å². The van der Waals surface area contributed by atoms with Crippen molar-refractivity contribution in [3.8, 4) is 11.1 Å². The molecule has 1 aliphatic carbocycles. The van der Waals surface area contributed by atoms with Gasteiger partial charge in [0.25, 0.3) is 11.8 Å². The summed E-state index contributed by atoms with van der Waals surface area (Å²) in [6.07, 6.45) is 1.29. The van der Waals surface area contributed by atoms with Gasteiger partial charge in [-0.25, -0.2) is 18.2 Å². The molecule has 5 N–H and O–H groups in total. The van der Waals surface area contributed by atoms with Gasteiger partial charge in [-0.1, -0.05) is 6.07 Å². The van der Waals surface area contributed by atoms with Gasteiger partial charge in [-0.2, -0.15) is 0 Å². The van der Waals surface area contributed by atoms with Crippen molar-refractivity contribution in [2.75, 3.05) is 11.1 Å². The van der Waals surface area contributed by atoms with E-state index in [9.17, 15) is 23.5 Å². The molecule has 1 aliphatic rings. The van der Waals surface area contributed by atoms with Crippen LogP contribution in [0.3, 0.4) is 0 Å². The zero-order valence-corrected chi connectivity index (χ0v) is 18.0. The Hall–Kier alpha value is -3.92. The Labute approximate surface area is 192 Å². The first-order valence-corrected chi connectivity index (χ1v) is 10.4. The number of carbonyl (C=O) groups is 2. The van der Waals surface area contributed by atoms with Crippen LogP contribution in [-0.4, -0.2) is 27.9 Å². The van der Waals surface area contributed by atoms with Crippen molar-refractivity contribution in [2.24, 2.45) is 0 Å². The number of pyridine rings is 1. The lowest BCUT2D eigenvalue weighted by atomic mass is 9.99. The minimum absolute atomic E-state index is 0.0479. The largest absolute Gasteiger partial charge is 0.383 e. The molecule has 0 aliphatic heterocycles. The molecule has 1 saturated carbocycles. The summed E-state index contributed by atoms with van der Waals surface area (Å²) in [4.78, 5) is 28.8. The predicted octanol–water partition coefficient (Wildman–Crippen LogP) is 3.62. The van der Waals surface area contributed by atoms with Crippen LogP contribution in [0.2, 0.25) is 0 Å². The lowest BCUT2D eigenvalue weighted by Crippen LogP contribution is -2.26. The van der Waals surface area contributed by atoms with E-state index in [0.717, 1.165) is 25.0 Å². The van der Waals surface area contributed by atoms with Gasteiger partial charge in [0.15, 0.2) is 6.10 Å². The summed E-state index contributed by atoms with van der Waals surface area (Å²) < 4.78 is 41.9. The summed E-state index contributed by atoms with van der Waals surface area (Å²) in [6.45, 7) is 1.47. The quantitative estimate of drug-likeness (QED) is 0.439. The van der Waals surface area contributed by atoms with E-state index in [2.05, 4.69) is 15.6 Å². The average Bonchev–Trinajstić information content (AvgIpc) is 3.60. The third kappa shape index (κ3) is 4.86. The molecule has 4 rings (SSSR count). The molecule has 0 radical (unpaired) electrons. The first-order chi connectivity index (χ1) is 16.1. The number of halogens is 3. The molecule has 2 aromatic carbocycles. The first kappa shape index (κ1) is 23.2. The molecule has 3 aromatic rings. The summed E-state index contributed by atoms with van der Waals surface area (Å²) >= 11 is 0. The maximum Gasteiger partial charge on any atom is 0.257 e. The summed E-state index contributed by atoms with van der Waals surface area (Å²) in [7, 11) is 0. The van der Waals surface area contributed by atoms with Crippen LogP contribution in [0.15, 0.2) is 42.6 Å². The van der Waals surface area contributed by atoms with Crippen LogP contribution >= 0.6 is 0 Å². The van der Waals surface area contributed by atoms with E-state index in [4.69, 9.17) is 5.73 Å². The van der Waals surface area contributed by atoms with Crippen molar-refractivity contribution in [3.05, 3.63) is 76.7 Å². The molecule has 34 heavy (non-hydrogen) atoms. The van der Waals surface area contributed by atoms with Crippen LogP contribution in [0, 0.1) is 24.4 Å². The third-order valence-electron chi connectivity index (χ3n) is 5.48. The molecule has 1 aromatic heterocycles. The molecule has 0 saturated heterocycles. The van der Waals surface area contributed by atoms with Crippen molar-refractivity contribution >= 4 is 23.3 Å². The van der Waals surface area contributed by atoms with Crippen molar-refractivity contribution in [3.63, 3.8) is 0 Å². The van der Waals surface area contributed by atoms with E-state index in [1.54, 1.807) is 0 Å². The Kier molecular flexibility index (Phi) is 6.25. The summed E-state index contributed by atoms with van der Waals surface area (Å²) in [6, 6.07) is 6.64. The van der Waals surface area contributed by atoms with Crippen molar-refractivity contribution in [1.29, 1.82) is 0 Å². The van der Waals surface area contributed by atoms with Gasteiger partial charge in [-0.05, 0) is 60.7 Å². The van der Waals surface area contributed by atoms with Gasteiger partial charge in [0.2, 0.25) is 0 Å². The van der Waals surface area contributed by atoms with Gasteiger partial charge in [-0.15, -0.1) is 0 Å². The Morgan fingerprint density at radius 3 is 2.44 bits per heavy atom. The number of aromatic nitrogens is 1. The van der Waals surface area contributed by atoms with Gasteiger partial charge >= 0.3 is 0 Å². The normalized spacial score (nSPS) is 13.9. The number of anilines is 2. The van der Waals surface area contributed by atoms with Crippen LogP contribution < -0.4 is 16.4 Å². The van der Waals surface area contributed by atoms with E-state index in [1.807, 2.05) is 0 Å². The van der Waals surface area contributed by atoms with Crippen LogP contribution in [0.5, 0.6) is 0 Å². The number of rotatable bonds is 6. The van der Waals surface area contributed by atoms with Gasteiger partial charge < -0.3 is 21.5 Å². The lowest BCUT2D eigenvalue weighted by Gasteiger charge is -2.15. The van der Waals surface area contributed by atoms with Crippen LogP contribution in [0.1, 0.15) is 40.4 Å². The molecule has 10 heteroatoms. The first-order valence-electron chi connectivity index (χ1n) is 10.4. The standard InChI is InChI=1S/C24H21F3N4O3/c1-11-17(13-8-18(22(28)29-10-13)23(33)30-16-2-3-16)4-5-19(20(11)27)31-24(34)21(32)12-6-14(25)9-15(26)7-12/h4-10,16,21,32H,2-3H2,1H3,(H2,28,29)(H,30,33)(H,31,34). The number of aliphatic hydroxyl groups excluding tert-OH is 1. The van der Waals surface area contributed by atoms with Crippen LogP contribution in [-0.2, 0) is 4.79 Å². The number of aliphatic hydroxyl groups is 1. The van der Waals surface area contributed by atoms with Crippen molar-refractivity contribution < 1.29 is 27.9 Å². The Balaban J connectivity index is 1.57. The predicted molar refractivity (Wildman–Crippen MR) is 119 cm³/mol. The molecule has 1 heterocycles. The average molecular weight is 470 g/mol. The highest BCUT2D eigenvalue weighted by atomic mass is 19.1. The number of carbonyl (C=O) groups excluding carboxylic acids is 2. The fraction of sp³-hybridized carbons (Fsp3) is 0.208. The fourth-order valence-corrected chi connectivity index (χ4v) is 3.48. The summed E-state index contributed by atoms with van der Waals surface area (Å²) in [5, 5.41) is 15.2. The van der Waals surface area contributed by atoms with E-state index in [-0.39, 0.29) is 40.1 Å². The fourth-order valence-electron chi connectivity index (χ4n) is 3.48. The molecule has 0 bridgehead atoms. The zero-order chi connectivity index (χ0) is 24.6. The molecular formula is C24H21F3N4O3. The second kappa shape index (κ2) is 9.14. The van der Waals surface area contributed by atoms with Gasteiger partial charge in [0.05, 0.1) is 11.3 Å².